The molecular formula is C24H32N4O2. The number of hydrogen-bond acceptors (Lipinski definition) is 4. The van der Waals surface area contributed by atoms with E-state index in [4.69, 9.17) is 9.84 Å². The summed E-state index contributed by atoms with van der Waals surface area (Å²) in [4.78, 5) is 17.6. The van der Waals surface area contributed by atoms with Crippen molar-refractivity contribution in [2.45, 2.75) is 58.0 Å². The lowest BCUT2D eigenvalue weighted by atomic mass is 10.1. The molecule has 1 aromatic carbocycles. The molecular weight excluding hydrogens is 376 g/mol. The average Bonchev–Trinajstić information content (AvgIpc) is 3.28. The van der Waals surface area contributed by atoms with Gasteiger partial charge in [0.05, 0.1) is 12.1 Å². The summed E-state index contributed by atoms with van der Waals surface area (Å²) in [7, 11) is 0. The number of rotatable bonds is 4. The first-order valence-electron chi connectivity index (χ1n) is 11.3. The number of hydrogen-bond donors (Lipinski definition) is 0. The van der Waals surface area contributed by atoms with E-state index in [-0.39, 0.29) is 11.4 Å². The van der Waals surface area contributed by atoms with Gasteiger partial charge in [-0.1, -0.05) is 12.1 Å². The maximum absolute atomic E-state index is 13.1. The second-order valence-electron chi connectivity index (χ2n) is 9.92. The molecule has 1 aliphatic carbocycles. The molecule has 1 aromatic heterocycles. The van der Waals surface area contributed by atoms with E-state index >= 15 is 0 Å². The fourth-order valence-electron chi connectivity index (χ4n) is 4.57. The lowest BCUT2D eigenvalue weighted by molar-refractivity contribution is 0.0621. The zero-order valence-electron chi connectivity index (χ0n) is 18.4. The zero-order valence-corrected chi connectivity index (χ0v) is 18.4. The number of carbonyl (C=O) groups excluding carboxylic acids is 1. The summed E-state index contributed by atoms with van der Waals surface area (Å²) in [6.45, 7) is 11.5. The van der Waals surface area contributed by atoms with Gasteiger partial charge in [-0.15, -0.1) is 0 Å². The third kappa shape index (κ3) is 3.85. The number of amides is 1. The molecule has 2 aliphatic heterocycles. The molecule has 3 aliphatic rings. The van der Waals surface area contributed by atoms with Crippen LogP contribution in [0.4, 0.5) is 0 Å². The molecule has 1 amide bonds. The number of carbonyl (C=O) groups is 1. The van der Waals surface area contributed by atoms with Crippen LogP contribution in [0.25, 0.3) is 0 Å². The molecule has 3 heterocycles. The highest BCUT2D eigenvalue weighted by Crippen LogP contribution is 2.41. The minimum Gasteiger partial charge on any atom is -0.493 e. The predicted octanol–water partition coefficient (Wildman–Crippen LogP) is 3.41. The van der Waals surface area contributed by atoms with Crippen LogP contribution >= 0.6 is 0 Å². The van der Waals surface area contributed by atoms with Crippen LogP contribution in [0.5, 0.6) is 5.75 Å². The van der Waals surface area contributed by atoms with E-state index in [1.54, 1.807) is 0 Å². The van der Waals surface area contributed by atoms with Gasteiger partial charge in [-0.25, -0.2) is 0 Å². The van der Waals surface area contributed by atoms with Crippen LogP contribution in [0.15, 0.2) is 24.3 Å². The molecule has 5 rings (SSSR count). The van der Waals surface area contributed by atoms with Gasteiger partial charge in [0.15, 0.2) is 5.69 Å². The number of aromatic nitrogens is 2. The first kappa shape index (κ1) is 19.6. The maximum atomic E-state index is 13.1. The Morgan fingerprint density at radius 1 is 1.13 bits per heavy atom. The van der Waals surface area contributed by atoms with Crippen molar-refractivity contribution in [2.75, 3.05) is 32.8 Å². The molecule has 6 nitrogen and oxygen atoms in total. The minimum absolute atomic E-state index is 0.0780. The van der Waals surface area contributed by atoms with Crippen LogP contribution < -0.4 is 4.74 Å². The molecule has 0 N–H and O–H groups in total. The number of ether oxygens (including phenoxy) is 1. The second-order valence-corrected chi connectivity index (χ2v) is 9.92. The Morgan fingerprint density at radius 2 is 1.90 bits per heavy atom. The van der Waals surface area contributed by atoms with Crippen LogP contribution in [0.3, 0.4) is 0 Å². The van der Waals surface area contributed by atoms with Gasteiger partial charge in [0, 0.05) is 50.8 Å². The summed E-state index contributed by atoms with van der Waals surface area (Å²) < 4.78 is 7.69. The molecule has 0 unspecified atom stereocenters. The van der Waals surface area contributed by atoms with Crippen LogP contribution in [0, 0.1) is 0 Å². The topological polar surface area (TPSA) is 50.6 Å². The summed E-state index contributed by atoms with van der Waals surface area (Å²) in [5.41, 5.74) is 4.39. The summed E-state index contributed by atoms with van der Waals surface area (Å²) in [5, 5.41) is 4.74. The Balaban J connectivity index is 1.22. The molecule has 160 valence electrons. The Hall–Kier alpha value is -2.34. The van der Waals surface area contributed by atoms with E-state index in [1.165, 1.54) is 29.7 Å². The van der Waals surface area contributed by atoms with Gasteiger partial charge >= 0.3 is 0 Å². The van der Waals surface area contributed by atoms with E-state index in [2.05, 4.69) is 48.6 Å². The van der Waals surface area contributed by atoms with Crippen LogP contribution in [0.1, 0.15) is 66.8 Å². The Morgan fingerprint density at radius 3 is 2.60 bits per heavy atom. The molecule has 1 saturated carbocycles. The van der Waals surface area contributed by atoms with Crippen molar-refractivity contribution in [1.29, 1.82) is 0 Å². The summed E-state index contributed by atoms with van der Waals surface area (Å²) in [5.74, 6) is 1.69. The van der Waals surface area contributed by atoms with Crippen LogP contribution in [0.2, 0.25) is 0 Å². The molecule has 0 atom stereocenters. The molecule has 1 saturated heterocycles. The molecule has 2 fully saturated rings. The summed E-state index contributed by atoms with van der Waals surface area (Å²) in [6.07, 6.45) is 3.43. The van der Waals surface area contributed by atoms with E-state index in [0.717, 1.165) is 51.5 Å². The van der Waals surface area contributed by atoms with Gasteiger partial charge < -0.3 is 9.64 Å². The number of nitrogens with zero attached hydrogens (tertiary/aromatic N) is 4. The fraction of sp³-hybridized carbons (Fsp3) is 0.583. The van der Waals surface area contributed by atoms with Crippen molar-refractivity contribution in [3.05, 3.63) is 46.8 Å². The van der Waals surface area contributed by atoms with Crippen molar-refractivity contribution in [3.63, 3.8) is 0 Å². The van der Waals surface area contributed by atoms with E-state index in [9.17, 15) is 4.79 Å². The minimum atomic E-state index is -0.101. The maximum Gasteiger partial charge on any atom is 0.274 e. The highest BCUT2D eigenvalue weighted by molar-refractivity contribution is 5.92. The molecule has 2 aromatic rings. The molecule has 6 heteroatoms. The van der Waals surface area contributed by atoms with Crippen LogP contribution in [-0.2, 0) is 18.5 Å². The summed E-state index contributed by atoms with van der Waals surface area (Å²) in [6, 6.07) is 8.59. The molecule has 30 heavy (non-hydrogen) atoms. The largest absolute Gasteiger partial charge is 0.493 e. The molecule has 0 spiro atoms. The van der Waals surface area contributed by atoms with Crippen LogP contribution in [-0.4, -0.2) is 58.3 Å². The zero-order chi connectivity index (χ0) is 20.9. The smallest absolute Gasteiger partial charge is 0.274 e. The molecule has 0 bridgehead atoms. The highest BCUT2D eigenvalue weighted by Gasteiger charge is 2.33. The van der Waals surface area contributed by atoms with Gasteiger partial charge in [-0.3, -0.25) is 14.4 Å². The Labute approximate surface area is 178 Å². The third-order valence-corrected chi connectivity index (χ3v) is 6.41. The van der Waals surface area contributed by atoms with Crippen molar-refractivity contribution < 1.29 is 9.53 Å². The first-order valence-corrected chi connectivity index (χ1v) is 11.3. The van der Waals surface area contributed by atoms with Crippen molar-refractivity contribution >= 4 is 5.91 Å². The van der Waals surface area contributed by atoms with E-state index < -0.39 is 0 Å². The summed E-state index contributed by atoms with van der Waals surface area (Å²) >= 11 is 0. The molecule has 0 radical (unpaired) electrons. The second kappa shape index (κ2) is 7.41. The van der Waals surface area contributed by atoms with Gasteiger partial charge in [0.2, 0.25) is 0 Å². The Bertz CT molecular complexity index is 947. The first-order chi connectivity index (χ1) is 14.4. The van der Waals surface area contributed by atoms with Gasteiger partial charge in [0.1, 0.15) is 5.75 Å². The number of piperazine rings is 1. The Kier molecular flexibility index (Phi) is 4.85. The normalized spacial score (nSPS) is 19.6. The van der Waals surface area contributed by atoms with Crippen molar-refractivity contribution in [3.8, 4) is 5.75 Å². The quantitative estimate of drug-likeness (QED) is 0.778. The highest BCUT2D eigenvalue weighted by atomic mass is 16.5. The van der Waals surface area contributed by atoms with Crippen molar-refractivity contribution in [1.82, 2.24) is 19.6 Å². The van der Waals surface area contributed by atoms with E-state index in [0.29, 0.717) is 11.6 Å². The van der Waals surface area contributed by atoms with Crippen molar-refractivity contribution in [2.24, 2.45) is 0 Å². The van der Waals surface area contributed by atoms with Gasteiger partial charge in [-0.05, 0) is 56.9 Å². The van der Waals surface area contributed by atoms with Gasteiger partial charge in [-0.2, -0.15) is 5.10 Å². The lowest BCUT2D eigenvalue weighted by Crippen LogP contribution is -2.48. The number of benzene rings is 1. The fourth-order valence-corrected chi connectivity index (χ4v) is 4.57. The number of fused-ring (bicyclic) bond motifs is 1. The van der Waals surface area contributed by atoms with Gasteiger partial charge in [0.25, 0.3) is 5.91 Å². The lowest BCUT2D eigenvalue weighted by Gasteiger charge is -2.34. The average molecular weight is 409 g/mol. The third-order valence-electron chi connectivity index (χ3n) is 6.41. The monoisotopic (exact) mass is 408 g/mol. The standard InChI is InChI=1S/C24H32N4O2/c1-24(2,3)28-21(18-5-6-18)15-20(25-28)23(29)27-11-9-26(10-12-27)16-17-4-7-22-19(14-17)8-13-30-22/h4,7,14-15,18H,5-6,8-13,16H2,1-3H3. The predicted molar refractivity (Wildman–Crippen MR) is 116 cm³/mol. The SMILES string of the molecule is CC(C)(C)n1nc(C(=O)N2CCN(Cc3ccc4c(c3)CCO4)CC2)cc1C1CC1. The van der Waals surface area contributed by atoms with E-state index in [1.807, 2.05) is 11.0 Å².